The number of benzene rings is 1. The van der Waals surface area contributed by atoms with Crippen molar-refractivity contribution in [3.63, 3.8) is 0 Å². The first-order valence-electron chi connectivity index (χ1n) is 5.35. The van der Waals surface area contributed by atoms with Gasteiger partial charge in [0.15, 0.2) is 0 Å². The first kappa shape index (κ1) is 12.7. The van der Waals surface area contributed by atoms with Crippen LogP contribution in [0.3, 0.4) is 0 Å². The lowest BCUT2D eigenvalue weighted by Gasteiger charge is -2.11. The molecule has 0 amide bonds. The molecule has 0 aliphatic carbocycles. The third kappa shape index (κ3) is 3.59. The Kier molecular flexibility index (Phi) is 3.91. The van der Waals surface area contributed by atoms with Crippen LogP contribution in [-0.4, -0.2) is 27.7 Å². The van der Waals surface area contributed by atoms with E-state index < -0.39 is 9.05 Å². The van der Waals surface area contributed by atoms with Crippen LogP contribution in [-0.2, 0) is 13.8 Å². The third-order valence-corrected chi connectivity index (χ3v) is 3.93. The Bertz CT molecular complexity index is 463. The molecule has 1 saturated heterocycles. The summed E-state index contributed by atoms with van der Waals surface area (Å²) < 4.78 is 32.9. The number of rotatable bonds is 4. The number of ether oxygens (including phenoxy) is 2. The van der Waals surface area contributed by atoms with Crippen molar-refractivity contribution in [2.75, 3.05) is 13.2 Å². The van der Waals surface area contributed by atoms with E-state index in [1.807, 2.05) is 0 Å². The lowest BCUT2D eigenvalue weighted by atomic mass is 10.2. The molecule has 1 unspecified atom stereocenters. The minimum Gasteiger partial charge on any atom is -0.491 e. The molecule has 0 spiro atoms. The zero-order valence-corrected chi connectivity index (χ0v) is 10.7. The second-order valence-electron chi connectivity index (χ2n) is 3.86. The van der Waals surface area contributed by atoms with E-state index in [0.717, 1.165) is 19.4 Å². The summed E-state index contributed by atoms with van der Waals surface area (Å²) in [4.78, 5) is 0.0728. The maximum Gasteiger partial charge on any atom is 0.261 e. The van der Waals surface area contributed by atoms with Gasteiger partial charge in [-0.2, -0.15) is 0 Å². The van der Waals surface area contributed by atoms with Gasteiger partial charge in [0.05, 0.1) is 11.0 Å². The predicted molar refractivity (Wildman–Crippen MR) is 63.9 cm³/mol. The molecule has 2 rings (SSSR count). The molecule has 1 fully saturated rings. The summed E-state index contributed by atoms with van der Waals surface area (Å²) in [6.07, 6.45) is 2.22. The van der Waals surface area contributed by atoms with E-state index in [-0.39, 0.29) is 11.0 Å². The van der Waals surface area contributed by atoms with E-state index in [4.69, 9.17) is 20.2 Å². The lowest BCUT2D eigenvalue weighted by Crippen LogP contribution is -2.16. The van der Waals surface area contributed by atoms with Gasteiger partial charge in [-0.25, -0.2) is 8.42 Å². The fraction of sp³-hybridized carbons (Fsp3) is 0.455. The Hall–Kier alpha value is -0.780. The molecule has 1 aromatic rings. The van der Waals surface area contributed by atoms with Gasteiger partial charge in [0.1, 0.15) is 12.4 Å². The van der Waals surface area contributed by atoms with E-state index in [2.05, 4.69) is 0 Å². The molecule has 1 aliphatic rings. The topological polar surface area (TPSA) is 52.6 Å². The van der Waals surface area contributed by atoms with E-state index in [1.165, 1.54) is 12.1 Å². The summed E-state index contributed by atoms with van der Waals surface area (Å²) in [6.45, 7) is 1.28. The van der Waals surface area contributed by atoms with Gasteiger partial charge in [-0.05, 0) is 37.1 Å². The van der Waals surface area contributed by atoms with Crippen molar-refractivity contribution in [1.29, 1.82) is 0 Å². The summed E-state index contributed by atoms with van der Waals surface area (Å²) in [6, 6.07) is 6.02. The lowest BCUT2D eigenvalue weighted by molar-refractivity contribution is 0.0679. The SMILES string of the molecule is O=S(=O)(Cl)c1ccc(OCC2CCCO2)cc1. The monoisotopic (exact) mass is 276 g/mol. The number of halogens is 1. The fourth-order valence-electron chi connectivity index (χ4n) is 1.66. The van der Waals surface area contributed by atoms with Crippen LogP contribution in [0.5, 0.6) is 5.75 Å². The van der Waals surface area contributed by atoms with E-state index >= 15 is 0 Å². The van der Waals surface area contributed by atoms with Crippen LogP contribution in [0.1, 0.15) is 12.8 Å². The molecule has 0 radical (unpaired) electrons. The van der Waals surface area contributed by atoms with Crippen molar-refractivity contribution >= 4 is 19.7 Å². The standard InChI is InChI=1S/C11H13ClO4S/c12-17(13,14)11-5-3-9(4-6-11)16-8-10-2-1-7-15-10/h3-6,10H,1-2,7-8H2. The second kappa shape index (κ2) is 5.25. The van der Waals surface area contributed by atoms with E-state index in [9.17, 15) is 8.42 Å². The Morgan fingerprint density at radius 3 is 2.59 bits per heavy atom. The summed E-state index contributed by atoms with van der Waals surface area (Å²) >= 11 is 0. The van der Waals surface area contributed by atoms with Crippen LogP contribution in [0, 0.1) is 0 Å². The molecule has 94 valence electrons. The first-order chi connectivity index (χ1) is 8.05. The second-order valence-corrected chi connectivity index (χ2v) is 6.42. The number of hydrogen-bond acceptors (Lipinski definition) is 4. The van der Waals surface area contributed by atoms with E-state index in [0.29, 0.717) is 12.4 Å². The average Bonchev–Trinajstić information content (AvgIpc) is 2.78. The molecule has 1 aromatic carbocycles. The molecule has 4 nitrogen and oxygen atoms in total. The van der Waals surface area contributed by atoms with Crippen LogP contribution >= 0.6 is 10.7 Å². The largest absolute Gasteiger partial charge is 0.491 e. The highest BCUT2D eigenvalue weighted by Gasteiger charge is 2.16. The normalized spacial score (nSPS) is 20.4. The van der Waals surface area contributed by atoms with Crippen molar-refractivity contribution in [2.24, 2.45) is 0 Å². The maximum atomic E-state index is 11.0. The van der Waals surface area contributed by atoms with Gasteiger partial charge in [-0.1, -0.05) is 0 Å². The van der Waals surface area contributed by atoms with E-state index in [1.54, 1.807) is 12.1 Å². The van der Waals surface area contributed by atoms with Gasteiger partial charge in [0, 0.05) is 17.3 Å². The minimum absolute atomic E-state index is 0.0728. The molecule has 17 heavy (non-hydrogen) atoms. The summed E-state index contributed by atoms with van der Waals surface area (Å²) in [7, 11) is 1.54. The van der Waals surface area contributed by atoms with Crippen molar-refractivity contribution in [3.8, 4) is 5.75 Å². The van der Waals surface area contributed by atoms with Crippen LogP contribution in [0.4, 0.5) is 0 Å². The Morgan fingerprint density at radius 2 is 2.06 bits per heavy atom. The number of hydrogen-bond donors (Lipinski definition) is 0. The van der Waals surface area contributed by atoms with Crippen molar-refractivity contribution in [3.05, 3.63) is 24.3 Å². The summed E-state index contributed by atoms with van der Waals surface area (Å²) in [5, 5.41) is 0. The van der Waals surface area contributed by atoms with Crippen molar-refractivity contribution in [1.82, 2.24) is 0 Å². The van der Waals surface area contributed by atoms with Crippen LogP contribution in [0.15, 0.2) is 29.2 Å². The average molecular weight is 277 g/mol. The summed E-state index contributed by atoms with van der Waals surface area (Å²) in [5.41, 5.74) is 0. The zero-order chi connectivity index (χ0) is 12.3. The zero-order valence-electron chi connectivity index (χ0n) is 9.13. The van der Waals surface area contributed by atoms with Crippen LogP contribution in [0.25, 0.3) is 0 Å². The highest BCUT2D eigenvalue weighted by molar-refractivity contribution is 8.13. The molecular formula is C11H13ClO4S. The van der Waals surface area contributed by atoms with Crippen molar-refractivity contribution in [2.45, 2.75) is 23.8 Å². The molecular weight excluding hydrogens is 264 g/mol. The molecule has 0 aromatic heterocycles. The molecule has 1 heterocycles. The smallest absolute Gasteiger partial charge is 0.261 e. The highest BCUT2D eigenvalue weighted by Crippen LogP contribution is 2.20. The van der Waals surface area contributed by atoms with Crippen molar-refractivity contribution < 1.29 is 17.9 Å². The Morgan fingerprint density at radius 1 is 1.35 bits per heavy atom. The molecule has 0 saturated carbocycles. The molecule has 1 atom stereocenters. The van der Waals surface area contributed by atoms with Gasteiger partial charge < -0.3 is 9.47 Å². The molecule has 1 aliphatic heterocycles. The predicted octanol–water partition coefficient (Wildman–Crippen LogP) is 2.17. The van der Waals surface area contributed by atoms with Gasteiger partial charge in [-0.15, -0.1) is 0 Å². The van der Waals surface area contributed by atoms with Crippen LogP contribution < -0.4 is 4.74 Å². The van der Waals surface area contributed by atoms with Gasteiger partial charge in [0.25, 0.3) is 9.05 Å². The quantitative estimate of drug-likeness (QED) is 0.791. The molecule has 0 N–H and O–H groups in total. The van der Waals surface area contributed by atoms with Gasteiger partial charge in [-0.3, -0.25) is 0 Å². The molecule has 6 heteroatoms. The third-order valence-electron chi connectivity index (χ3n) is 2.57. The van der Waals surface area contributed by atoms with Gasteiger partial charge >= 0.3 is 0 Å². The summed E-state index contributed by atoms with van der Waals surface area (Å²) in [5.74, 6) is 0.615. The van der Waals surface area contributed by atoms with Crippen LogP contribution in [0.2, 0.25) is 0 Å². The Balaban J connectivity index is 1.94. The Labute approximate surface area is 105 Å². The molecule has 0 bridgehead atoms. The minimum atomic E-state index is -3.66. The fourth-order valence-corrected chi connectivity index (χ4v) is 2.43. The highest BCUT2D eigenvalue weighted by atomic mass is 35.7. The first-order valence-corrected chi connectivity index (χ1v) is 7.66. The maximum absolute atomic E-state index is 11.0. The van der Waals surface area contributed by atoms with Gasteiger partial charge in [0.2, 0.25) is 0 Å².